The van der Waals surface area contributed by atoms with E-state index in [1.807, 2.05) is 6.92 Å². The van der Waals surface area contributed by atoms with Gasteiger partial charge in [-0.05, 0) is 19.1 Å². The van der Waals surface area contributed by atoms with E-state index in [0.29, 0.717) is 29.2 Å². The number of hydrogen-bond donors (Lipinski definition) is 2. The molecule has 118 valence electrons. The van der Waals surface area contributed by atoms with E-state index in [2.05, 4.69) is 20.3 Å². The van der Waals surface area contributed by atoms with E-state index < -0.39 is 0 Å². The number of aryl methyl sites for hydroxylation is 1. The average Bonchev–Trinajstić information content (AvgIpc) is 3.17. The van der Waals surface area contributed by atoms with Crippen LogP contribution in [0, 0.1) is 12.7 Å². The molecular weight excluding hydrogens is 315 g/mol. The first-order valence-corrected chi connectivity index (χ1v) is 7.94. The molecule has 5 nitrogen and oxygen atoms in total. The smallest absolute Gasteiger partial charge is 0.271 e. The van der Waals surface area contributed by atoms with E-state index >= 15 is 0 Å². The minimum Gasteiger partial charge on any atom is -0.350 e. The third-order valence-corrected chi connectivity index (χ3v) is 4.35. The third kappa shape index (κ3) is 3.45. The van der Waals surface area contributed by atoms with Crippen molar-refractivity contribution < 1.29 is 9.18 Å². The van der Waals surface area contributed by atoms with Gasteiger partial charge in [-0.2, -0.15) is 0 Å². The molecule has 0 aliphatic carbocycles. The minimum atomic E-state index is -0.340. The first-order valence-electron chi connectivity index (χ1n) is 7.13. The maximum Gasteiger partial charge on any atom is 0.271 e. The normalized spacial score (nSPS) is 10.7. The lowest BCUT2D eigenvalue weighted by atomic mass is 10.2. The van der Waals surface area contributed by atoms with Gasteiger partial charge in [0.1, 0.15) is 16.5 Å². The van der Waals surface area contributed by atoms with Crippen LogP contribution in [0.4, 0.5) is 4.39 Å². The second-order valence-electron chi connectivity index (χ2n) is 4.99. The Morgan fingerprint density at radius 1 is 1.39 bits per heavy atom. The summed E-state index contributed by atoms with van der Waals surface area (Å²) in [4.78, 5) is 24.2. The number of H-pyrrole nitrogens is 1. The maximum absolute atomic E-state index is 13.8. The molecule has 2 aromatic heterocycles. The lowest BCUT2D eigenvalue weighted by Gasteiger charge is -2.02. The van der Waals surface area contributed by atoms with Crippen LogP contribution in [0.15, 0.2) is 36.8 Å². The highest BCUT2D eigenvalue weighted by molar-refractivity contribution is 7.15. The van der Waals surface area contributed by atoms with Crippen molar-refractivity contribution >= 4 is 17.2 Å². The third-order valence-electron chi connectivity index (χ3n) is 3.35. The largest absolute Gasteiger partial charge is 0.350 e. The zero-order valence-electron chi connectivity index (χ0n) is 12.5. The predicted molar refractivity (Wildman–Crippen MR) is 86.9 cm³/mol. The van der Waals surface area contributed by atoms with Crippen molar-refractivity contribution in [1.82, 2.24) is 20.3 Å². The van der Waals surface area contributed by atoms with E-state index in [9.17, 15) is 9.18 Å². The minimum absolute atomic E-state index is 0.249. The molecule has 0 saturated heterocycles. The predicted octanol–water partition coefficient (Wildman–Crippen LogP) is 2.95. The lowest BCUT2D eigenvalue weighted by molar-refractivity contribution is 0.0949. The molecule has 3 rings (SSSR count). The molecule has 1 amide bonds. The fourth-order valence-corrected chi connectivity index (χ4v) is 3.11. The van der Waals surface area contributed by atoms with Gasteiger partial charge in [-0.1, -0.05) is 12.1 Å². The van der Waals surface area contributed by atoms with Gasteiger partial charge >= 0.3 is 0 Å². The van der Waals surface area contributed by atoms with Gasteiger partial charge in [0.15, 0.2) is 0 Å². The van der Waals surface area contributed by atoms with Crippen LogP contribution < -0.4 is 5.32 Å². The average molecular weight is 330 g/mol. The van der Waals surface area contributed by atoms with Gasteiger partial charge < -0.3 is 10.3 Å². The van der Waals surface area contributed by atoms with Crippen molar-refractivity contribution in [2.24, 2.45) is 0 Å². The molecule has 0 bridgehead atoms. The van der Waals surface area contributed by atoms with E-state index in [1.165, 1.54) is 17.4 Å². The van der Waals surface area contributed by atoms with Crippen LogP contribution in [0.5, 0.6) is 0 Å². The Hall–Kier alpha value is -2.54. The number of halogens is 1. The Balaban J connectivity index is 1.70. The first-order chi connectivity index (χ1) is 11.1. The summed E-state index contributed by atoms with van der Waals surface area (Å²) in [6.45, 7) is 2.29. The molecule has 0 atom stereocenters. The number of aromatic nitrogens is 3. The summed E-state index contributed by atoms with van der Waals surface area (Å²) in [5.74, 6) is -0.590. The van der Waals surface area contributed by atoms with E-state index in [1.54, 1.807) is 30.7 Å². The number of amides is 1. The number of benzene rings is 1. The van der Waals surface area contributed by atoms with Crippen molar-refractivity contribution in [2.75, 3.05) is 6.54 Å². The van der Waals surface area contributed by atoms with Crippen molar-refractivity contribution in [2.45, 2.75) is 13.3 Å². The van der Waals surface area contributed by atoms with E-state index in [0.717, 1.165) is 10.6 Å². The Kier molecular flexibility index (Phi) is 4.47. The molecule has 0 fully saturated rings. The van der Waals surface area contributed by atoms with Crippen molar-refractivity contribution in [3.05, 3.63) is 58.9 Å². The molecule has 2 N–H and O–H groups in total. The summed E-state index contributed by atoms with van der Waals surface area (Å²) in [6.07, 6.45) is 3.98. The van der Waals surface area contributed by atoms with E-state index in [4.69, 9.17) is 0 Å². The van der Waals surface area contributed by atoms with Gasteiger partial charge in [0, 0.05) is 35.3 Å². The zero-order chi connectivity index (χ0) is 16.2. The lowest BCUT2D eigenvalue weighted by Crippen LogP contribution is -2.26. The van der Waals surface area contributed by atoms with Crippen LogP contribution in [-0.4, -0.2) is 27.4 Å². The number of carbonyl (C=O) groups is 1. The van der Waals surface area contributed by atoms with Crippen LogP contribution in [-0.2, 0) is 6.42 Å². The molecule has 23 heavy (non-hydrogen) atoms. The molecule has 0 aliphatic heterocycles. The van der Waals surface area contributed by atoms with Crippen LogP contribution in [0.25, 0.3) is 10.6 Å². The topological polar surface area (TPSA) is 70.7 Å². The molecule has 7 heteroatoms. The number of rotatable bonds is 5. The maximum atomic E-state index is 13.8. The van der Waals surface area contributed by atoms with Gasteiger partial charge in [0.05, 0.1) is 6.33 Å². The SMILES string of the molecule is Cc1sc(-c2ccccc2F)nc1C(=O)NCCc1cnc[nH]1. The van der Waals surface area contributed by atoms with Crippen molar-refractivity contribution in [3.8, 4) is 10.6 Å². The molecule has 0 aliphatic rings. The fraction of sp³-hybridized carbons (Fsp3) is 0.188. The fourth-order valence-electron chi connectivity index (χ4n) is 2.17. The van der Waals surface area contributed by atoms with E-state index in [-0.39, 0.29) is 11.7 Å². The monoisotopic (exact) mass is 330 g/mol. The van der Waals surface area contributed by atoms with Gasteiger partial charge in [-0.15, -0.1) is 11.3 Å². The van der Waals surface area contributed by atoms with Gasteiger partial charge in [-0.25, -0.2) is 14.4 Å². The van der Waals surface area contributed by atoms with Gasteiger partial charge in [0.2, 0.25) is 0 Å². The first kappa shape index (κ1) is 15.4. The summed E-state index contributed by atoms with van der Waals surface area (Å²) < 4.78 is 13.8. The Labute approximate surface area is 136 Å². The number of nitrogens with one attached hydrogen (secondary N) is 2. The standard InChI is InChI=1S/C16H15FN4OS/c1-10-14(15(22)19-7-6-11-8-18-9-20-11)21-16(23-10)12-4-2-3-5-13(12)17/h2-5,8-9H,6-7H2,1H3,(H,18,20)(H,19,22). The van der Waals surface area contributed by atoms with Crippen LogP contribution >= 0.6 is 11.3 Å². The Morgan fingerprint density at radius 3 is 2.96 bits per heavy atom. The highest BCUT2D eigenvalue weighted by Gasteiger charge is 2.17. The number of thiazole rings is 1. The van der Waals surface area contributed by atoms with Crippen LogP contribution in [0.3, 0.4) is 0 Å². The zero-order valence-corrected chi connectivity index (χ0v) is 13.3. The number of aromatic amines is 1. The number of imidazole rings is 1. The summed E-state index contributed by atoms with van der Waals surface area (Å²) in [5, 5.41) is 3.33. The second-order valence-corrected chi connectivity index (χ2v) is 6.19. The number of hydrogen-bond acceptors (Lipinski definition) is 4. The quantitative estimate of drug-likeness (QED) is 0.755. The Morgan fingerprint density at radius 2 is 2.22 bits per heavy atom. The highest BCUT2D eigenvalue weighted by Crippen LogP contribution is 2.29. The van der Waals surface area contributed by atoms with Crippen LogP contribution in [0.2, 0.25) is 0 Å². The Bertz CT molecular complexity index is 813. The number of nitrogens with zero attached hydrogens (tertiary/aromatic N) is 2. The van der Waals surface area contributed by atoms with Crippen molar-refractivity contribution in [3.63, 3.8) is 0 Å². The summed E-state index contributed by atoms with van der Waals surface area (Å²) in [7, 11) is 0. The molecular formula is C16H15FN4OS. The summed E-state index contributed by atoms with van der Waals surface area (Å²) >= 11 is 1.31. The molecule has 0 spiro atoms. The second kappa shape index (κ2) is 6.70. The van der Waals surface area contributed by atoms with Crippen molar-refractivity contribution in [1.29, 1.82) is 0 Å². The van der Waals surface area contributed by atoms with Gasteiger partial charge in [0.25, 0.3) is 5.91 Å². The molecule has 0 saturated carbocycles. The molecule has 1 aromatic carbocycles. The summed E-state index contributed by atoms with van der Waals surface area (Å²) in [5.41, 5.74) is 1.71. The molecule has 2 heterocycles. The molecule has 3 aromatic rings. The van der Waals surface area contributed by atoms with Crippen LogP contribution in [0.1, 0.15) is 21.1 Å². The molecule has 0 unspecified atom stereocenters. The highest BCUT2D eigenvalue weighted by atomic mass is 32.1. The number of carbonyl (C=O) groups excluding carboxylic acids is 1. The molecule has 0 radical (unpaired) electrons. The summed E-state index contributed by atoms with van der Waals surface area (Å²) in [6, 6.07) is 6.42. The van der Waals surface area contributed by atoms with Gasteiger partial charge in [-0.3, -0.25) is 4.79 Å².